The van der Waals surface area contributed by atoms with Crippen LogP contribution in [-0.2, 0) is 11.2 Å². The van der Waals surface area contributed by atoms with Gasteiger partial charge in [-0.05, 0) is 36.6 Å². The van der Waals surface area contributed by atoms with E-state index < -0.39 is 0 Å². The Labute approximate surface area is 134 Å². The number of rotatable bonds is 7. The van der Waals surface area contributed by atoms with Crippen molar-refractivity contribution in [3.05, 3.63) is 33.3 Å². The summed E-state index contributed by atoms with van der Waals surface area (Å²) in [6.07, 6.45) is 1.83. The van der Waals surface area contributed by atoms with E-state index >= 15 is 0 Å². The molecule has 20 heavy (non-hydrogen) atoms. The third-order valence-corrected chi connectivity index (χ3v) is 3.74. The maximum absolute atomic E-state index is 5.99. The van der Waals surface area contributed by atoms with Gasteiger partial charge in [0.25, 0.3) is 0 Å². The van der Waals surface area contributed by atoms with Crippen LogP contribution in [0.4, 0.5) is 0 Å². The molecule has 0 atom stereocenters. The second kappa shape index (κ2) is 10.0. The summed E-state index contributed by atoms with van der Waals surface area (Å²) in [4.78, 5) is 4.17. The zero-order valence-electron chi connectivity index (χ0n) is 11.9. The molecule has 112 valence electrons. The number of nitrogens with one attached hydrogen (secondary N) is 2. The van der Waals surface area contributed by atoms with Crippen LogP contribution in [0.1, 0.15) is 12.0 Å². The third-order valence-electron chi connectivity index (χ3n) is 2.74. The lowest BCUT2D eigenvalue weighted by molar-refractivity contribution is 0.195. The highest BCUT2D eigenvalue weighted by Crippen LogP contribution is 2.21. The van der Waals surface area contributed by atoms with Crippen LogP contribution in [0.15, 0.2) is 27.7 Å². The van der Waals surface area contributed by atoms with E-state index in [1.807, 2.05) is 18.2 Å². The molecule has 0 saturated heterocycles. The van der Waals surface area contributed by atoms with Crippen molar-refractivity contribution < 1.29 is 4.74 Å². The summed E-state index contributed by atoms with van der Waals surface area (Å²) in [6.45, 7) is 2.39. The van der Waals surface area contributed by atoms with E-state index in [0.29, 0.717) is 0 Å². The van der Waals surface area contributed by atoms with Crippen molar-refractivity contribution in [1.82, 2.24) is 10.6 Å². The normalized spacial score (nSPS) is 11.5. The summed E-state index contributed by atoms with van der Waals surface area (Å²) in [5.41, 5.74) is 1.18. The molecule has 0 spiro atoms. The standard InChI is InChI=1S/C14H21BrClN3O/c1-17-14(18-7-3-9-20-2)19-8-6-11-10-12(16)4-5-13(11)15/h4-5,10H,3,6-9H2,1-2H3,(H2,17,18,19). The average molecular weight is 363 g/mol. The van der Waals surface area contributed by atoms with E-state index in [-0.39, 0.29) is 0 Å². The lowest BCUT2D eigenvalue weighted by Crippen LogP contribution is -2.39. The van der Waals surface area contributed by atoms with Crippen LogP contribution >= 0.6 is 27.5 Å². The number of benzene rings is 1. The van der Waals surface area contributed by atoms with Gasteiger partial charge in [0.1, 0.15) is 0 Å². The fourth-order valence-electron chi connectivity index (χ4n) is 1.69. The Hall–Kier alpha value is -0.780. The highest BCUT2D eigenvalue weighted by atomic mass is 79.9. The molecule has 0 aliphatic heterocycles. The molecule has 0 fully saturated rings. The van der Waals surface area contributed by atoms with Gasteiger partial charge in [-0.15, -0.1) is 0 Å². The van der Waals surface area contributed by atoms with Crippen LogP contribution < -0.4 is 10.6 Å². The van der Waals surface area contributed by atoms with Crippen molar-refractivity contribution in [2.75, 3.05) is 33.9 Å². The van der Waals surface area contributed by atoms with Crippen molar-refractivity contribution in [1.29, 1.82) is 0 Å². The molecule has 0 radical (unpaired) electrons. The van der Waals surface area contributed by atoms with Gasteiger partial charge in [0.2, 0.25) is 0 Å². The first-order valence-corrected chi connectivity index (χ1v) is 7.72. The minimum atomic E-state index is 0.749. The molecule has 1 aromatic rings. The van der Waals surface area contributed by atoms with Crippen LogP contribution in [0.5, 0.6) is 0 Å². The molecule has 0 bridgehead atoms. The van der Waals surface area contributed by atoms with Gasteiger partial charge in [0.05, 0.1) is 0 Å². The van der Waals surface area contributed by atoms with Crippen LogP contribution in [0.25, 0.3) is 0 Å². The number of ether oxygens (including phenoxy) is 1. The Bertz CT molecular complexity index is 440. The van der Waals surface area contributed by atoms with E-state index in [2.05, 4.69) is 31.6 Å². The summed E-state index contributed by atoms with van der Waals surface area (Å²) in [7, 11) is 3.47. The molecule has 1 aromatic carbocycles. The average Bonchev–Trinajstić information content (AvgIpc) is 2.45. The molecule has 0 heterocycles. The van der Waals surface area contributed by atoms with Crippen molar-refractivity contribution in [2.24, 2.45) is 4.99 Å². The van der Waals surface area contributed by atoms with E-state index in [1.165, 1.54) is 5.56 Å². The van der Waals surface area contributed by atoms with Crippen LogP contribution in [0, 0.1) is 0 Å². The number of guanidine groups is 1. The smallest absolute Gasteiger partial charge is 0.190 e. The largest absolute Gasteiger partial charge is 0.385 e. The zero-order valence-corrected chi connectivity index (χ0v) is 14.2. The molecular formula is C14H21BrClN3O. The second-order valence-corrected chi connectivity index (χ2v) is 5.55. The van der Waals surface area contributed by atoms with E-state index in [1.54, 1.807) is 14.2 Å². The molecule has 0 aliphatic rings. The summed E-state index contributed by atoms with van der Waals surface area (Å²) < 4.78 is 6.08. The van der Waals surface area contributed by atoms with Crippen molar-refractivity contribution >= 4 is 33.5 Å². The molecule has 0 aromatic heterocycles. The third kappa shape index (κ3) is 6.59. The maximum Gasteiger partial charge on any atom is 0.190 e. The number of halogens is 2. The molecule has 2 N–H and O–H groups in total. The predicted octanol–water partition coefficient (Wildman–Crippen LogP) is 2.85. The van der Waals surface area contributed by atoms with Crippen LogP contribution in [-0.4, -0.2) is 39.8 Å². The van der Waals surface area contributed by atoms with Gasteiger partial charge in [-0.2, -0.15) is 0 Å². The van der Waals surface area contributed by atoms with Gasteiger partial charge >= 0.3 is 0 Å². The van der Waals surface area contributed by atoms with Crippen LogP contribution in [0.2, 0.25) is 5.02 Å². The summed E-state index contributed by atoms with van der Waals surface area (Å²) in [5, 5.41) is 7.27. The Morgan fingerprint density at radius 1 is 1.35 bits per heavy atom. The van der Waals surface area contributed by atoms with Crippen molar-refractivity contribution in [2.45, 2.75) is 12.8 Å². The lowest BCUT2D eigenvalue weighted by Gasteiger charge is -2.12. The Kier molecular flexibility index (Phi) is 8.65. The minimum Gasteiger partial charge on any atom is -0.385 e. The Balaban J connectivity index is 2.32. The number of nitrogens with zero attached hydrogens (tertiary/aromatic N) is 1. The van der Waals surface area contributed by atoms with Crippen molar-refractivity contribution in [3.63, 3.8) is 0 Å². The molecule has 0 unspecified atom stereocenters. The molecule has 0 saturated carbocycles. The topological polar surface area (TPSA) is 45.7 Å². The second-order valence-electron chi connectivity index (χ2n) is 4.26. The minimum absolute atomic E-state index is 0.749. The Morgan fingerprint density at radius 3 is 2.80 bits per heavy atom. The Morgan fingerprint density at radius 2 is 2.10 bits per heavy atom. The number of hydrogen-bond acceptors (Lipinski definition) is 2. The highest BCUT2D eigenvalue weighted by molar-refractivity contribution is 9.10. The van der Waals surface area contributed by atoms with Crippen LogP contribution in [0.3, 0.4) is 0 Å². The maximum atomic E-state index is 5.99. The molecular weight excluding hydrogens is 342 g/mol. The van der Waals surface area contributed by atoms with E-state index in [0.717, 1.165) is 48.0 Å². The lowest BCUT2D eigenvalue weighted by atomic mass is 10.1. The molecule has 6 heteroatoms. The number of hydrogen-bond donors (Lipinski definition) is 2. The quantitative estimate of drug-likeness (QED) is 0.445. The first-order valence-electron chi connectivity index (χ1n) is 6.54. The first-order chi connectivity index (χ1) is 9.67. The van der Waals surface area contributed by atoms with Gasteiger partial charge in [-0.25, -0.2) is 0 Å². The van der Waals surface area contributed by atoms with Gasteiger partial charge in [0.15, 0.2) is 5.96 Å². The molecule has 0 aliphatic carbocycles. The number of methoxy groups -OCH3 is 1. The van der Waals surface area contributed by atoms with E-state index in [4.69, 9.17) is 16.3 Å². The fourth-order valence-corrected chi connectivity index (χ4v) is 2.33. The molecule has 0 amide bonds. The van der Waals surface area contributed by atoms with E-state index in [9.17, 15) is 0 Å². The van der Waals surface area contributed by atoms with Gasteiger partial charge < -0.3 is 15.4 Å². The monoisotopic (exact) mass is 361 g/mol. The first kappa shape index (κ1) is 17.3. The summed E-state index contributed by atoms with van der Waals surface area (Å²) >= 11 is 9.52. The van der Waals surface area contributed by atoms with Gasteiger partial charge in [-0.3, -0.25) is 4.99 Å². The molecule has 1 rings (SSSR count). The van der Waals surface area contributed by atoms with Gasteiger partial charge in [0, 0.05) is 43.3 Å². The van der Waals surface area contributed by atoms with Gasteiger partial charge in [-0.1, -0.05) is 27.5 Å². The SMILES string of the molecule is CN=C(NCCCOC)NCCc1cc(Cl)ccc1Br. The highest BCUT2D eigenvalue weighted by Gasteiger charge is 2.02. The van der Waals surface area contributed by atoms with Crippen molar-refractivity contribution in [3.8, 4) is 0 Å². The molecule has 4 nitrogen and oxygen atoms in total. The predicted molar refractivity (Wildman–Crippen MR) is 88.7 cm³/mol. The number of aliphatic imine (C=N–C) groups is 1. The summed E-state index contributed by atoms with van der Waals surface area (Å²) in [6, 6.07) is 5.82. The summed E-state index contributed by atoms with van der Waals surface area (Å²) in [5.74, 6) is 0.805. The fraction of sp³-hybridized carbons (Fsp3) is 0.500. The zero-order chi connectivity index (χ0) is 14.8.